The second-order valence-corrected chi connectivity index (χ2v) is 13.6. The molecule has 0 aliphatic rings. The number of hydrogen-bond acceptors (Lipinski definition) is 4. The van der Waals surface area contributed by atoms with Gasteiger partial charge in [-0.05, 0) is 64.4 Å². The van der Waals surface area contributed by atoms with Crippen LogP contribution in [0.1, 0.15) is 0 Å². The van der Waals surface area contributed by atoms with Crippen molar-refractivity contribution in [1.29, 1.82) is 0 Å². The third-order valence-corrected chi connectivity index (χ3v) is 10.4. The molecule has 0 fully saturated rings. The van der Waals surface area contributed by atoms with Gasteiger partial charge in [-0.15, -0.1) is 0 Å². The van der Waals surface area contributed by atoms with Gasteiger partial charge in [-0.2, -0.15) is 0 Å². The normalized spacial score (nSPS) is 11.7. The molecule has 0 aliphatic heterocycles. The first-order valence-electron chi connectivity index (χ1n) is 18.1. The first-order chi connectivity index (χ1) is 26.8. The van der Waals surface area contributed by atoms with Crippen LogP contribution < -0.4 is 0 Å². The van der Waals surface area contributed by atoms with Gasteiger partial charge >= 0.3 is 0 Å². The second-order valence-electron chi connectivity index (χ2n) is 13.6. The average molecular weight is 691 g/mol. The van der Waals surface area contributed by atoms with Crippen LogP contribution in [0.25, 0.3) is 105 Å². The Balaban J connectivity index is 1.09. The van der Waals surface area contributed by atoms with Crippen molar-refractivity contribution in [2.75, 3.05) is 0 Å². The van der Waals surface area contributed by atoms with E-state index in [2.05, 4.69) is 120 Å². The van der Waals surface area contributed by atoms with Crippen LogP contribution in [0.4, 0.5) is 0 Å². The van der Waals surface area contributed by atoms with Crippen molar-refractivity contribution in [1.82, 2.24) is 19.5 Å². The van der Waals surface area contributed by atoms with Crippen LogP contribution in [-0.4, -0.2) is 19.5 Å². The predicted molar refractivity (Wildman–Crippen MR) is 221 cm³/mol. The molecule has 11 aromatic rings. The van der Waals surface area contributed by atoms with Crippen molar-refractivity contribution in [3.63, 3.8) is 0 Å². The van der Waals surface area contributed by atoms with Crippen LogP contribution in [0.5, 0.6) is 0 Å². The lowest BCUT2D eigenvalue weighted by Crippen LogP contribution is -2.00. The van der Waals surface area contributed by atoms with E-state index in [0.29, 0.717) is 17.5 Å². The Bertz CT molecular complexity index is 3140. The zero-order valence-electron chi connectivity index (χ0n) is 29.0. The number of furan rings is 1. The molecule has 5 heteroatoms. The molecule has 0 N–H and O–H groups in total. The van der Waals surface area contributed by atoms with E-state index in [1.54, 1.807) is 0 Å². The van der Waals surface area contributed by atoms with Crippen molar-refractivity contribution in [2.24, 2.45) is 0 Å². The average Bonchev–Trinajstić information content (AvgIpc) is 3.79. The van der Waals surface area contributed by atoms with E-state index in [-0.39, 0.29) is 0 Å². The van der Waals surface area contributed by atoms with E-state index < -0.39 is 0 Å². The van der Waals surface area contributed by atoms with Gasteiger partial charge in [0.15, 0.2) is 17.5 Å². The molecule has 0 bridgehead atoms. The lowest BCUT2D eigenvalue weighted by atomic mass is 9.95. The molecule has 3 heterocycles. The molecule has 0 saturated carbocycles. The number of rotatable bonds is 5. The molecular formula is C49H30N4O. The fourth-order valence-corrected chi connectivity index (χ4v) is 7.95. The topological polar surface area (TPSA) is 56.7 Å². The van der Waals surface area contributed by atoms with E-state index in [4.69, 9.17) is 19.4 Å². The van der Waals surface area contributed by atoms with Crippen LogP contribution in [0.15, 0.2) is 186 Å². The minimum absolute atomic E-state index is 0.595. The van der Waals surface area contributed by atoms with E-state index >= 15 is 0 Å². The predicted octanol–water partition coefficient (Wildman–Crippen LogP) is 12.7. The lowest BCUT2D eigenvalue weighted by molar-refractivity contribution is 0.669. The molecule has 11 rings (SSSR count). The Hall–Kier alpha value is -7.37. The first-order valence-corrected chi connectivity index (χ1v) is 18.1. The first kappa shape index (κ1) is 30.3. The quantitative estimate of drug-likeness (QED) is 0.180. The Morgan fingerprint density at radius 2 is 0.926 bits per heavy atom. The van der Waals surface area contributed by atoms with E-state index in [9.17, 15) is 0 Å². The fraction of sp³-hybridized carbons (Fsp3) is 0. The van der Waals surface area contributed by atoms with Gasteiger partial charge in [-0.3, -0.25) is 0 Å². The van der Waals surface area contributed by atoms with E-state index in [0.717, 1.165) is 49.8 Å². The number of fused-ring (bicyclic) bond motifs is 8. The van der Waals surface area contributed by atoms with Crippen LogP contribution in [-0.2, 0) is 0 Å². The summed E-state index contributed by atoms with van der Waals surface area (Å²) >= 11 is 0. The maximum Gasteiger partial charge on any atom is 0.164 e. The maximum absolute atomic E-state index is 6.55. The fourth-order valence-electron chi connectivity index (χ4n) is 7.95. The number of nitrogens with zero attached hydrogens (tertiary/aromatic N) is 4. The molecule has 0 unspecified atom stereocenters. The minimum Gasteiger partial charge on any atom is -0.456 e. The summed E-state index contributed by atoms with van der Waals surface area (Å²) in [6, 6.07) is 63.4. The minimum atomic E-state index is 0.595. The van der Waals surface area contributed by atoms with Crippen molar-refractivity contribution in [2.45, 2.75) is 0 Å². The van der Waals surface area contributed by atoms with Crippen molar-refractivity contribution in [3.05, 3.63) is 182 Å². The summed E-state index contributed by atoms with van der Waals surface area (Å²) in [5.41, 5.74) is 10.2. The number of hydrogen-bond donors (Lipinski definition) is 0. The molecule has 0 aliphatic carbocycles. The maximum atomic E-state index is 6.55. The number of aromatic nitrogens is 4. The second kappa shape index (κ2) is 12.1. The monoisotopic (exact) mass is 690 g/mol. The molecule has 54 heavy (non-hydrogen) atoms. The zero-order chi connectivity index (χ0) is 35.6. The lowest BCUT2D eigenvalue weighted by Gasteiger charge is -2.12. The van der Waals surface area contributed by atoms with Crippen molar-refractivity contribution < 1.29 is 4.42 Å². The van der Waals surface area contributed by atoms with Gasteiger partial charge < -0.3 is 8.98 Å². The molecule has 0 amide bonds. The molecule has 0 atom stereocenters. The highest BCUT2D eigenvalue weighted by molar-refractivity contribution is 6.24. The van der Waals surface area contributed by atoms with Gasteiger partial charge in [0.2, 0.25) is 0 Å². The molecular weight excluding hydrogens is 661 g/mol. The third-order valence-electron chi connectivity index (χ3n) is 10.4. The van der Waals surface area contributed by atoms with Gasteiger partial charge in [0.25, 0.3) is 0 Å². The van der Waals surface area contributed by atoms with Gasteiger partial charge in [0.1, 0.15) is 11.2 Å². The molecule has 3 aromatic heterocycles. The van der Waals surface area contributed by atoms with Gasteiger partial charge in [0, 0.05) is 43.9 Å². The molecule has 5 nitrogen and oxygen atoms in total. The Kier molecular flexibility index (Phi) is 6.79. The SMILES string of the molecule is c1ccc(-c2nc(-c3ccccc3)nc(-c3ccc4c(c3)oc3ccc(-n5c6ccccc6c6c7ccccc7c(-c7ccccc7)cc65)cc34)n2)cc1. The molecule has 0 saturated heterocycles. The number of benzene rings is 8. The zero-order valence-corrected chi connectivity index (χ0v) is 29.0. The van der Waals surface area contributed by atoms with E-state index in [1.165, 1.54) is 38.2 Å². The standard InChI is InChI=1S/C49H30N4O/c1-4-14-31(15-5-1)40-30-43-46(38-21-11-10-20-36(38)40)39-22-12-13-23-42(39)53(43)35-25-27-44-41(29-35)37-26-24-34(28-45(37)54-44)49-51-47(32-16-6-2-7-17-32)50-48(52-49)33-18-8-3-9-19-33/h1-30H. The molecule has 0 spiro atoms. The van der Waals surface area contributed by atoms with Gasteiger partial charge in [-0.1, -0.05) is 140 Å². The van der Waals surface area contributed by atoms with Gasteiger partial charge in [0.05, 0.1) is 11.0 Å². The van der Waals surface area contributed by atoms with Crippen LogP contribution in [0, 0.1) is 0 Å². The Morgan fingerprint density at radius 1 is 0.352 bits per heavy atom. The number of para-hydroxylation sites is 1. The van der Waals surface area contributed by atoms with Crippen LogP contribution >= 0.6 is 0 Å². The summed E-state index contributed by atoms with van der Waals surface area (Å²) in [5, 5.41) is 7.06. The van der Waals surface area contributed by atoms with Gasteiger partial charge in [-0.25, -0.2) is 15.0 Å². The summed E-state index contributed by atoms with van der Waals surface area (Å²) < 4.78 is 8.95. The smallest absolute Gasteiger partial charge is 0.164 e. The summed E-state index contributed by atoms with van der Waals surface area (Å²) in [6.07, 6.45) is 0. The van der Waals surface area contributed by atoms with Crippen LogP contribution in [0.2, 0.25) is 0 Å². The largest absolute Gasteiger partial charge is 0.456 e. The highest BCUT2D eigenvalue weighted by Crippen LogP contribution is 2.42. The highest BCUT2D eigenvalue weighted by Gasteiger charge is 2.19. The van der Waals surface area contributed by atoms with Crippen molar-refractivity contribution >= 4 is 54.5 Å². The Labute approximate surface area is 310 Å². The van der Waals surface area contributed by atoms with Crippen LogP contribution in [0.3, 0.4) is 0 Å². The summed E-state index contributed by atoms with van der Waals surface area (Å²) in [5.74, 6) is 1.85. The molecule has 252 valence electrons. The highest BCUT2D eigenvalue weighted by atomic mass is 16.3. The Morgan fingerprint density at radius 3 is 1.61 bits per heavy atom. The molecule has 8 aromatic carbocycles. The van der Waals surface area contributed by atoms with Crippen molar-refractivity contribution in [3.8, 4) is 51.0 Å². The van der Waals surface area contributed by atoms with E-state index in [1.807, 2.05) is 66.7 Å². The molecule has 0 radical (unpaired) electrons. The third kappa shape index (κ3) is 4.83. The summed E-state index contributed by atoms with van der Waals surface area (Å²) in [7, 11) is 0. The summed E-state index contributed by atoms with van der Waals surface area (Å²) in [4.78, 5) is 14.8. The summed E-state index contributed by atoms with van der Waals surface area (Å²) in [6.45, 7) is 0.